The van der Waals surface area contributed by atoms with Crippen LogP contribution in [0.25, 0.3) is 38.6 Å². The van der Waals surface area contributed by atoms with Crippen molar-refractivity contribution in [2.24, 2.45) is 0 Å². The highest BCUT2D eigenvalue weighted by Gasteiger charge is 2.11. The molecule has 0 aliphatic heterocycles. The molecule has 2 heteroatoms. The highest BCUT2D eigenvalue weighted by Crippen LogP contribution is 2.36. The lowest BCUT2D eigenvalue weighted by Gasteiger charge is -2.10. The summed E-state index contributed by atoms with van der Waals surface area (Å²) < 4.78 is 6.21. The van der Waals surface area contributed by atoms with E-state index >= 15 is 0 Å². The summed E-state index contributed by atoms with van der Waals surface area (Å²) in [4.78, 5) is 0. The molecule has 2 nitrogen and oxygen atoms in total. The maximum atomic E-state index is 6.21. The van der Waals surface area contributed by atoms with Gasteiger partial charge in [0.15, 0.2) is 0 Å². The molecule has 0 bridgehead atoms. The van der Waals surface area contributed by atoms with E-state index in [-0.39, 0.29) is 0 Å². The monoisotopic (exact) mass is 439 g/mol. The van der Waals surface area contributed by atoms with Crippen LogP contribution in [0.2, 0.25) is 0 Å². The number of benzene rings is 4. The Morgan fingerprint density at radius 2 is 1.29 bits per heavy atom. The third-order valence-electron chi connectivity index (χ3n) is 6.32. The minimum Gasteiger partial charge on any atom is -0.455 e. The normalized spacial score (nSPS) is 16.1. The molecule has 0 saturated heterocycles. The Kier molecular flexibility index (Phi) is 5.33. The number of furan rings is 1. The van der Waals surface area contributed by atoms with Crippen LogP contribution in [0.4, 0.5) is 11.4 Å². The average Bonchev–Trinajstić information content (AvgIpc) is 3.24. The molecule has 1 aliphatic carbocycles. The Hall–Kier alpha value is -4.30. The summed E-state index contributed by atoms with van der Waals surface area (Å²) in [6.07, 6.45) is 13.1. The molecule has 1 aromatic heterocycles. The lowest BCUT2D eigenvalue weighted by Crippen LogP contribution is -1.91. The quantitative estimate of drug-likeness (QED) is 0.282. The zero-order valence-corrected chi connectivity index (χ0v) is 18.9. The van der Waals surface area contributed by atoms with Crippen LogP contribution in [-0.4, -0.2) is 0 Å². The van der Waals surface area contributed by atoms with Gasteiger partial charge in [0.05, 0.1) is 0 Å². The zero-order valence-electron chi connectivity index (χ0n) is 18.9. The van der Waals surface area contributed by atoms with Crippen LogP contribution in [0.15, 0.2) is 126 Å². The van der Waals surface area contributed by atoms with Gasteiger partial charge >= 0.3 is 0 Å². The summed E-state index contributed by atoms with van der Waals surface area (Å²) in [6, 6.07) is 31.8. The van der Waals surface area contributed by atoms with Crippen molar-refractivity contribution in [2.75, 3.05) is 5.32 Å². The number of anilines is 2. The molecule has 0 atom stereocenters. The molecule has 0 amide bonds. The Balaban J connectivity index is 1.23. The number of allylic oxidation sites excluding steroid dienone is 6. The molecule has 0 radical (unpaired) electrons. The van der Waals surface area contributed by atoms with Crippen molar-refractivity contribution in [3.63, 3.8) is 0 Å². The summed E-state index contributed by atoms with van der Waals surface area (Å²) in [6.45, 7) is 0. The molecule has 0 fully saturated rings. The van der Waals surface area contributed by atoms with Crippen molar-refractivity contribution in [2.45, 2.75) is 12.8 Å². The summed E-state index contributed by atoms with van der Waals surface area (Å²) in [5.41, 5.74) is 8.77. The van der Waals surface area contributed by atoms with Gasteiger partial charge in [-0.2, -0.15) is 0 Å². The largest absolute Gasteiger partial charge is 0.455 e. The topological polar surface area (TPSA) is 25.2 Å². The molecular weight excluding hydrogens is 414 g/mol. The van der Waals surface area contributed by atoms with Crippen LogP contribution in [0.1, 0.15) is 18.4 Å². The Labute approximate surface area is 199 Å². The van der Waals surface area contributed by atoms with E-state index in [4.69, 9.17) is 4.42 Å². The van der Waals surface area contributed by atoms with Crippen molar-refractivity contribution in [3.05, 3.63) is 127 Å². The first-order valence-electron chi connectivity index (χ1n) is 11.7. The molecule has 4 aromatic carbocycles. The van der Waals surface area contributed by atoms with Gasteiger partial charge in [-0.3, -0.25) is 0 Å². The summed E-state index contributed by atoms with van der Waals surface area (Å²) >= 11 is 0. The van der Waals surface area contributed by atoms with Gasteiger partial charge in [-0.25, -0.2) is 0 Å². The van der Waals surface area contributed by atoms with Gasteiger partial charge in [-0.15, -0.1) is 0 Å². The summed E-state index contributed by atoms with van der Waals surface area (Å²) in [7, 11) is 0. The van der Waals surface area contributed by atoms with E-state index in [0.717, 1.165) is 57.3 Å². The highest BCUT2D eigenvalue weighted by molar-refractivity contribution is 6.09. The number of para-hydroxylation sites is 2. The molecule has 1 N–H and O–H groups in total. The second kappa shape index (κ2) is 8.92. The number of rotatable bonds is 4. The van der Waals surface area contributed by atoms with Gasteiger partial charge in [-0.1, -0.05) is 91.0 Å². The van der Waals surface area contributed by atoms with E-state index in [1.54, 1.807) is 0 Å². The molecule has 0 unspecified atom stereocenters. The van der Waals surface area contributed by atoms with Crippen molar-refractivity contribution in [1.82, 2.24) is 0 Å². The van der Waals surface area contributed by atoms with Crippen molar-refractivity contribution >= 4 is 38.9 Å². The van der Waals surface area contributed by atoms with Gasteiger partial charge in [0.2, 0.25) is 0 Å². The molecule has 1 heterocycles. The fourth-order valence-corrected chi connectivity index (χ4v) is 4.56. The van der Waals surface area contributed by atoms with E-state index in [9.17, 15) is 0 Å². The first-order chi connectivity index (χ1) is 16.8. The maximum Gasteiger partial charge on any atom is 0.143 e. The van der Waals surface area contributed by atoms with Gasteiger partial charge in [-0.05, 0) is 59.9 Å². The molecular formula is C32H25NO. The average molecular weight is 440 g/mol. The van der Waals surface area contributed by atoms with E-state index in [0.29, 0.717) is 0 Å². The van der Waals surface area contributed by atoms with Crippen LogP contribution >= 0.6 is 0 Å². The number of fused-ring (bicyclic) bond motifs is 3. The first kappa shape index (κ1) is 20.3. The summed E-state index contributed by atoms with van der Waals surface area (Å²) in [5, 5.41) is 5.83. The molecule has 1 aliphatic rings. The zero-order chi connectivity index (χ0) is 22.7. The second-order valence-electron chi connectivity index (χ2n) is 8.56. The molecule has 164 valence electrons. The Bertz CT molecular complexity index is 1550. The van der Waals surface area contributed by atoms with Crippen LogP contribution in [0, 0.1) is 0 Å². The number of nitrogens with one attached hydrogen (secondary N) is 1. The van der Waals surface area contributed by atoms with Gasteiger partial charge in [0.25, 0.3) is 0 Å². The van der Waals surface area contributed by atoms with E-state index in [1.165, 1.54) is 11.1 Å². The predicted molar refractivity (Wildman–Crippen MR) is 144 cm³/mol. The lowest BCUT2D eigenvalue weighted by molar-refractivity contribution is 0.670. The fourth-order valence-electron chi connectivity index (χ4n) is 4.56. The van der Waals surface area contributed by atoms with Crippen molar-refractivity contribution in [1.29, 1.82) is 0 Å². The van der Waals surface area contributed by atoms with E-state index in [2.05, 4.69) is 115 Å². The lowest BCUT2D eigenvalue weighted by atomic mass is 10.0. The number of hydrogen-bond donors (Lipinski definition) is 1. The molecule has 5 aromatic rings. The van der Waals surface area contributed by atoms with Crippen LogP contribution in [-0.2, 0) is 0 Å². The van der Waals surface area contributed by atoms with Gasteiger partial charge in [0.1, 0.15) is 11.2 Å². The standard InChI is InChI=1S/C32H25NO/c1-2-4-9-23(10-5-3-1)24-15-19-26(20-16-24)33-27-21-17-25(18-22-27)28-12-8-13-30-29-11-6-7-14-31(29)34-32(28)30/h1-2,5-22,33H,3-4H2/b2-1?,10-5+,23-9+. The van der Waals surface area contributed by atoms with E-state index < -0.39 is 0 Å². The Morgan fingerprint density at radius 3 is 2.12 bits per heavy atom. The van der Waals surface area contributed by atoms with Gasteiger partial charge < -0.3 is 9.73 Å². The third-order valence-corrected chi connectivity index (χ3v) is 6.32. The maximum absolute atomic E-state index is 6.21. The fraction of sp³-hybridized carbons (Fsp3) is 0.0625. The minimum absolute atomic E-state index is 0.925. The van der Waals surface area contributed by atoms with E-state index in [1.807, 2.05) is 12.1 Å². The number of hydrogen-bond acceptors (Lipinski definition) is 2. The smallest absolute Gasteiger partial charge is 0.143 e. The Morgan fingerprint density at radius 1 is 0.588 bits per heavy atom. The van der Waals surface area contributed by atoms with Crippen LogP contribution < -0.4 is 5.32 Å². The van der Waals surface area contributed by atoms with Crippen molar-refractivity contribution in [3.8, 4) is 11.1 Å². The molecule has 34 heavy (non-hydrogen) atoms. The second-order valence-corrected chi connectivity index (χ2v) is 8.56. The molecule has 0 spiro atoms. The highest BCUT2D eigenvalue weighted by atomic mass is 16.3. The van der Waals surface area contributed by atoms with Crippen molar-refractivity contribution < 1.29 is 4.42 Å². The van der Waals surface area contributed by atoms with Crippen LogP contribution in [0.3, 0.4) is 0 Å². The van der Waals surface area contributed by atoms with Gasteiger partial charge in [0, 0.05) is 27.7 Å². The molecule has 6 rings (SSSR count). The SMILES string of the molecule is C1=CC/C=C(c2ccc(Nc3ccc(-c4cccc5c4oc4ccccc45)cc3)cc2)\C=C\C1. The minimum atomic E-state index is 0.925. The molecule has 0 saturated carbocycles. The predicted octanol–water partition coefficient (Wildman–Crippen LogP) is 9.29. The van der Waals surface area contributed by atoms with Crippen LogP contribution in [0.5, 0.6) is 0 Å². The summed E-state index contributed by atoms with van der Waals surface area (Å²) in [5.74, 6) is 0. The third kappa shape index (κ3) is 3.95. The first-order valence-corrected chi connectivity index (χ1v) is 11.7.